The molecule has 17 heavy (non-hydrogen) atoms. The lowest BCUT2D eigenvalue weighted by Crippen LogP contribution is -2.40. The van der Waals surface area contributed by atoms with Crippen LogP contribution in [-0.2, 0) is 9.47 Å². The third-order valence-corrected chi connectivity index (χ3v) is 3.46. The molecule has 1 fully saturated rings. The van der Waals surface area contributed by atoms with Crippen LogP contribution in [0.2, 0.25) is 0 Å². The zero-order chi connectivity index (χ0) is 12.5. The van der Waals surface area contributed by atoms with E-state index in [1.54, 1.807) is 14.2 Å². The summed E-state index contributed by atoms with van der Waals surface area (Å²) in [6.07, 6.45) is 6.23. The van der Waals surface area contributed by atoms with Gasteiger partial charge in [0.25, 0.3) is 0 Å². The Labute approximate surface area is 105 Å². The molecule has 0 saturated heterocycles. The lowest BCUT2D eigenvalue weighted by Gasteiger charge is -2.31. The summed E-state index contributed by atoms with van der Waals surface area (Å²) in [5.41, 5.74) is 0. The van der Waals surface area contributed by atoms with E-state index in [4.69, 9.17) is 14.9 Å². The van der Waals surface area contributed by atoms with Crippen LogP contribution < -0.4 is 0 Å². The van der Waals surface area contributed by atoms with Gasteiger partial charge < -0.3 is 14.4 Å². The van der Waals surface area contributed by atoms with Crippen LogP contribution in [-0.4, -0.2) is 51.3 Å². The van der Waals surface area contributed by atoms with Crippen LogP contribution in [0.4, 0.5) is 0 Å². The molecule has 0 unspecified atom stereocenters. The minimum atomic E-state index is 0.456. The van der Waals surface area contributed by atoms with Crippen molar-refractivity contribution in [1.29, 1.82) is 5.41 Å². The molecule has 1 N–H and O–H groups in total. The van der Waals surface area contributed by atoms with Gasteiger partial charge >= 0.3 is 0 Å². The maximum absolute atomic E-state index is 8.31. The fraction of sp³-hybridized carbons (Fsp3) is 0.923. The van der Waals surface area contributed by atoms with Gasteiger partial charge in [0.15, 0.2) is 0 Å². The van der Waals surface area contributed by atoms with Gasteiger partial charge in [-0.05, 0) is 12.8 Å². The van der Waals surface area contributed by atoms with E-state index in [-0.39, 0.29) is 0 Å². The second kappa shape index (κ2) is 8.48. The van der Waals surface area contributed by atoms with E-state index in [1.807, 2.05) is 0 Å². The molecule has 1 aliphatic carbocycles. The van der Waals surface area contributed by atoms with Crippen LogP contribution >= 0.6 is 0 Å². The van der Waals surface area contributed by atoms with Gasteiger partial charge in [-0.2, -0.15) is 0 Å². The molecule has 0 amide bonds. The van der Waals surface area contributed by atoms with Crippen molar-refractivity contribution in [3.05, 3.63) is 0 Å². The zero-order valence-electron chi connectivity index (χ0n) is 11.2. The monoisotopic (exact) mass is 242 g/mol. The minimum Gasteiger partial charge on any atom is -0.383 e. The second-order valence-corrected chi connectivity index (χ2v) is 4.69. The van der Waals surface area contributed by atoms with Crippen LogP contribution in [0.25, 0.3) is 0 Å². The summed E-state index contributed by atoms with van der Waals surface area (Å²) in [6.45, 7) is 2.96. The van der Waals surface area contributed by atoms with Gasteiger partial charge in [0.05, 0.1) is 19.0 Å². The van der Waals surface area contributed by atoms with Gasteiger partial charge in [-0.25, -0.2) is 0 Å². The standard InChI is InChI=1S/C13H26N2O2/c1-16-10-8-15(9-11-17-2)13(14)12-6-4-3-5-7-12/h12,14H,3-11H2,1-2H3. The molecule has 0 atom stereocenters. The Morgan fingerprint density at radius 1 is 1.06 bits per heavy atom. The quantitative estimate of drug-likeness (QED) is 0.549. The van der Waals surface area contributed by atoms with Crippen LogP contribution in [0, 0.1) is 11.3 Å². The maximum atomic E-state index is 8.31. The molecule has 1 rings (SSSR count). The second-order valence-electron chi connectivity index (χ2n) is 4.69. The van der Waals surface area contributed by atoms with Gasteiger partial charge in [-0.1, -0.05) is 19.3 Å². The van der Waals surface area contributed by atoms with Crippen LogP contribution in [0.1, 0.15) is 32.1 Å². The predicted octanol–water partition coefficient (Wildman–Crippen LogP) is 2.14. The largest absolute Gasteiger partial charge is 0.383 e. The topological polar surface area (TPSA) is 45.6 Å². The van der Waals surface area contributed by atoms with E-state index in [0.29, 0.717) is 19.1 Å². The first-order valence-corrected chi connectivity index (χ1v) is 6.61. The van der Waals surface area contributed by atoms with Crippen LogP contribution in [0.3, 0.4) is 0 Å². The third-order valence-electron chi connectivity index (χ3n) is 3.46. The molecular formula is C13H26N2O2. The van der Waals surface area contributed by atoms with Gasteiger partial charge in [-0.15, -0.1) is 0 Å². The Morgan fingerprint density at radius 3 is 2.06 bits per heavy atom. The highest BCUT2D eigenvalue weighted by Gasteiger charge is 2.22. The number of nitrogens with zero attached hydrogens (tertiary/aromatic N) is 1. The molecule has 0 heterocycles. The fourth-order valence-electron chi connectivity index (χ4n) is 2.39. The Morgan fingerprint density at radius 2 is 1.59 bits per heavy atom. The van der Waals surface area contributed by atoms with Crippen molar-refractivity contribution in [1.82, 2.24) is 4.90 Å². The van der Waals surface area contributed by atoms with E-state index in [1.165, 1.54) is 32.1 Å². The summed E-state index contributed by atoms with van der Waals surface area (Å²) in [7, 11) is 3.41. The molecule has 0 spiro atoms. The SMILES string of the molecule is COCCN(CCOC)C(=N)C1CCCCC1. The summed E-state index contributed by atoms with van der Waals surface area (Å²) < 4.78 is 10.2. The van der Waals surface area contributed by atoms with E-state index in [2.05, 4.69) is 4.90 Å². The van der Waals surface area contributed by atoms with Crippen molar-refractivity contribution in [2.24, 2.45) is 5.92 Å². The molecule has 1 aliphatic rings. The first-order valence-electron chi connectivity index (χ1n) is 6.61. The van der Waals surface area contributed by atoms with E-state index < -0.39 is 0 Å². The molecule has 4 nitrogen and oxygen atoms in total. The average molecular weight is 242 g/mol. The number of amidine groups is 1. The highest BCUT2D eigenvalue weighted by atomic mass is 16.5. The number of hydrogen-bond donors (Lipinski definition) is 1. The number of nitrogens with one attached hydrogen (secondary N) is 1. The van der Waals surface area contributed by atoms with Gasteiger partial charge in [0.1, 0.15) is 0 Å². The van der Waals surface area contributed by atoms with Gasteiger partial charge in [0.2, 0.25) is 0 Å². The highest BCUT2D eigenvalue weighted by Crippen LogP contribution is 2.25. The van der Waals surface area contributed by atoms with Crippen molar-refractivity contribution < 1.29 is 9.47 Å². The molecule has 0 aromatic carbocycles. The summed E-state index contributed by atoms with van der Waals surface area (Å²) >= 11 is 0. The van der Waals surface area contributed by atoms with Crippen molar-refractivity contribution in [3.8, 4) is 0 Å². The molecule has 0 aliphatic heterocycles. The molecule has 4 heteroatoms. The number of rotatable bonds is 7. The maximum Gasteiger partial charge on any atom is 0.0991 e. The van der Waals surface area contributed by atoms with E-state index in [0.717, 1.165) is 18.9 Å². The molecular weight excluding hydrogens is 216 g/mol. The summed E-state index contributed by atoms with van der Waals surface area (Å²) in [4.78, 5) is 2.11. The Hall–Kier alpha value is -0.610. The molecule has 1 saturated carbocycles. The van der Waals surface area contributed by atoms with Gasteiger partial charge in [-0.3, -0.25) is 5.41 Å². The predicted molar refractivity (Wildman–Crippen MR) is 69.6 cm³/mol. The number of methoxy groups -OCH3 is 2. The molecule has 0 aromatic rings. The van der Waals surface area contributed by atoms with Gasteiger partial charge in [0, 0.05) is 33.2 Å². The van der Waals surface area contributed by atoms with Crippen molar-refractivity contribution in [2.45, 2.75) is 32.1 Å². The van der Waals surface area contributed by atoms with Crippen LogP contribution in [0.5, 0.6) is 0 Å². The zero-order valence-corrected chi connectivity index (χ0v) is 11.2. The van der Waals surface area contributed by atoms with Crippen molar-refractivity contribution in [3.63, 3.8) is 0 Å². The van der Waals surface area contributed by atoms with Crippen LogP contribution in [0.15, 0.2) is 0 Å². The highest BCUT2D eigenvalue weighted by molar-refractivity contribution is 5.81. The lowest BCUT2D eigenvalue weighted by molar-refractivity contribution is 0.142. The normalized spacial score (nSPS) is 17.1. The molecule has 100 valence electrons. The number of ether oxygens (including phenoxy) is 2. The lowest BCUT2D eigenvalue weighted by atomic mass is 9.88. The Balaban J connectivity index is 2.44. The molecule has 0 aromatic heterocycles. The average Bonchev–Trinajstić information content (AvgIpc) is 2.39. The molecule has 0 bridgehead atoms. The minimum absolute atomic E-state index is 0.456. The Bertz CT molecular complexity index is 207. The van der Waals surface area contributed by atoms with Crippen molar-refractivity contribution >= 4 is 5.84 Å². The fourth-order valence-corrected chi connectivity index (χ4v) is 2.39. The van der Waals surface area contributed by atoms with E-state index in [9.17, 15) is 0 Å². The third kappa shape index (κ3) is 5.04. The molecule has 0 radical (unpaired) electrons. The van der Waals surface area contributed by atoms with Crippen molar-refractivity contribution in [2.75, 3.05) is 40.5 Å². The smallest absolute Gasteiger partial charge is 0.0991 e. The Kier molecular flexibility index (Phi) is 7.21. The van der Waals surface area contributed by atoms with E-state index >= 15 is 0 Å². The summed E-state index contributed by atoms with van der Waals surface area (Å²) in [5, 5.41) is 8.31. The first kappa shape index (κ1) is 14.5. The summed E-state index contributed by atoms with van der Waals surface area (Å²) in [6, 6.07) is 0. The first-order chi connectivity index (χ1) is 8.29. The summed E-state index contributed by atoms with van der Waals surface area (Å²) in [5.74, 6) is 1.25. The number of hydrogen-bond acceptors (Lipinski definition) is 3.